The van der Waals surface area contributed by atoms with E-state index in [1.807, 2.05) is 41.8 Å². The zero-order valence-electron chi connectivity index (χ0n) is 21.4. The normalized spacial score (nSPS) is 12.1. The summed E-state index contributed by atoms with van der Waals surface area (Å²) in [5, 5.41) is 6.95. The fraction of sp³-hybridized carbons (Fsp3) is 0.333. The average Bonchev–Trinajstić information content (AvgIpc) is 3.42. The maximum atomic E-state index is 13.4. The molecule has 10 heteroatoms. The molecular formula is C27H31ClN4O3S2. The molecule has 7 nitrogen and oxygen atoms in total. The molecule has 1 N–H and O–H groups in total. The van der Waals surface area contributed by atoms with Gasteiger partial charge in [0.2, 0.25) is 10.0 Å². The van der Waals surface area contributed by atoms with Gasteiger partial charge in [0.05, 0.1) is 32.6 Å². The molecule has 0 atom stereocenters. The van der Waals surface area contributed by atoms with E-state index in [1.54, 1.807) is 43.5 Å². The van der Waals surface area contributed by atoms with E-state index in [1.165, 1.54) is 16.0 Å². The number of aryl methyl sites for hydroxylation is 1. The van der Waals surface area contributed by atoms with Crippen molar-refractivity contribution in [3.63, 3.8) is 0 Å². The van der Waals surface area contributed by atoms with Crippen molar-refractivity contribution >= 4 is 38.6 Å². The van der Waals surface area contributed by atoms with Crippen LogP contribution < -0.4 is 10.4 Å². The molecule has 0 aliphatic heterocycles. The average molecular weight is 559 g/mol. The predicted octanol–water partition coefficient (Wildman–Crippen LogP) is 6.35. The second-order valence-electron chi connectivity index (χ2n) is 9.83. The number of benzene rings is 2. The van der Waals surface area contributed by atoms with Crippen molar-refractivity contribution in [3.05, 3.63) is 86.9 Å². The van der Waals surface area contributed by atoms with Crippen molar-refractivity contribution in [2.45, 2.75) is 58.2 Å². The summed E-state index contributed by atoms with van der Waals surface area (Å²) < 4.78 is 30.2. The van der Waals surface area contributed by atoms with Crippen LogP contribution in [0.25, 0.3) is 16.1 Å². The minimum absolute atomic E-state index is 0.236. The van der Waals surface area contributed by atoms with Crippen LogP contribution in [0.15, 0.2) is 64.8 Å². The van der Waals surface area contributed by atoms with Gasteiger partial charge in [-0.1, -0.05) is 61.3 Å². The van der Waals surface area contributed by atoms with E-state index in [0.717, 1.165) is 28.8 Å². The number of hydrogen-bond acceptors (Lipinski definition) is 5. The van der Waals surface area contributed by atoms with E-state index in [2.05, 4.69) is 16.7 Å². The maximum absolute atomic E-state index is 13.4. The Morgan fingerprint density at radius 1 is 1.05 bits per heavy atom. The van der Waals surface area contributed by atoms with Gasteiger partial charge in [-0.2, -0.15) is 4.68 Å². The van der Waals surface area contributed by atoms with Crippen LogP contribution in [0, 0.1) is 0 Å². The van der Waals surface area contributed by atoms with Crippen molar-refractivity contribution in [2.75, 3.05) is 4.72 Å². The van der Waals surface area contributed by atoms with Crippen molar-refractivity contribution < 1.29 is 8.42 Å². The number of sulfonamides is 1. The number of nitrogens with zero attached hydrogens (tertiary/aromatic N) is 3. The molecule has 2 aromatic carbocycles. The van der Waals surface area contributed by atoms with Crippen LogP contribution in [0.2, 0.25) is 5.02 Å². The molecule has 2 aromatic heterocycles. The smallest absolute Gasteiger partial charge is 0.282 e. The van der Waals surface area contributed by atoms with Crippen molar-refractivity contribution in [1.82, 2.24) is 14.3 Å². The highest BCUT2D eigenvalue weighted by atomic mass is 35.5. The number of thiophene rings is 1. The predicted molar refractivity (Wildman–Crippen MR) is 153 cm³/mol. The van der Waals surface area contributed by atoms with Gasteiger partial charge < -0.3 is 0 Å². The molecule has 0 spiro atoms. The van der Waals surface area contributed by atoms with Gasteiger partial charge in [-0.05, 0) is 61.9 Å². The lowest BCUT2D eigenvalue weighted by Crippen LogP contribution is -2.33. The number of nitrogens with one attached hydrogen (secondary N) is 1. The Morgan fingerprint density at radius 3 is 2.41 bits per heavy atom. The molecule has 0 bridgehead atoms. The number of anilines is 1. The summed E-state index contributed by atoms with van der Waals surface area (Å²) in [6, 6.07) is 16.8. The fourth-order valence-electron chi connectivity index (χ4n) is 3.75. The van der Waals surface area contributed by atoms with E-state index in [4.69, 9.17) is 11.6 Å². The standard InChI is InChI=1S/C27H31ClN4O3S2/c1-5-6-11-24-29-32(23-10-8-7-9-21(23)28)26(33)31(24)18-19-12-14-20(15-13-19)25-22(16-17-36-25)30-37(34,35)27(2,3)4/h7-10,12-17,30H,5-6,11,18H2,1-4H3. The summed E-state index contributed by atoms with van der Waals surface area (Å²) >= 11 is 7.82. The number of hydrogen-bond donors (Lipinski definition) is 1. The number of aromatic nitrogens is 3. The van der Waals surface area contributed by atoms with E-state index in [-0.39, 0.29) is 5.69 Å². The Morgan fingerprint density at radius 2 is 1.76 bits per heavy atom. The summed E-state index contributed by atoms with van der Waals surface area (Å²) in [5.41, 5.74) is 2.72. The molecule has 0 radical (unpaired) electrons. The number of halogens is 1. The first-order valence-electron chi connectivity index (χ1n) is 12.1. The molecule has 196 valence electrons. The van der Waals surface area contributed by atoms with E-state index < -0.39 is 14.8 Å². The molecule has 0 saturated carbocycles. The fourth-order valence-corrected chi connectivity index (χ4v) is 5.66. The Labute approximate surface area is 226 Å². The molecular weight excluding hydrogens is 528 g/mol. The van der Waals surface area contributed by atoms with Gasteiger partial charge in [-0.25, -0.2) is 13.2 Å². The highest BCUT2D eigenvalue weighted by Gasteiger charge is 2.30. The number of unbranched alkanes of at least 4 members (excludes halogenated alkanes) is 1. The van der Waals surface area contributed by atoms with Crippen LogP contribution in [0.4, 0.5) is 5.69 Å². The highest BCUT2D eigenvalue weighted by Crippen LogP contribution is 2.35. The summed E-state index contributed by atoms with van der Waals surface area (Å²) in [6.45, 7) is 7.48. The second-order valence-corrected chi connectivity index (χ2v) is 13.6. The van der Waals surface area contributed by atoms with Crippen molar-refractivity contribution in [1.29, 1.82) is 0 Å². The first kappa shape index (κ1) is 27.2. The van der Waals surface area contributed by atoms with Crippen LogP contribution in [0.3, 0.4) is 0 Å². The van der Waals surface area contributed by atoms with Crippen molar-refractivity contribution in [3.8, 4) is 16.1 Å². The summed E-state index contributed by atoms with van der Waals surface area (Å²) in [7, 11) is -3.54. The Bertz CT molecular complexity index is 1550. The largest absolute Gasteiger partial charge is 0.351 e. The number of rotatable bonds is 9. The molecule has 0 aliphatic carbocycles. The highest BCUT2D eigenvalue weighted by molar-refractivity contribution is 7.94. The van der Waals surface area contributed by atoms with E-state index >= 15 is 0 Å². The molecule has 0 amide bonds. The summed E-state index contributed by atoms with van der Waals surface area (Å²) in [4.78, 5) is 14.2. The van der Waals surface area contributed by atoms with Crippen LogP contribution in [0.5, 0.6) is 0 Å². The van der Waals surface area contributed by atoms with Crippen LogP contribution in [0.1, 0.15) is 51.9 Å². The lowest BCUT2D eigenvalue weighted by molar-refractivity contribution is 0.566. The third-order valence-corrected chi connectivity index (χ3v) is 9.43. The van der Waals surface area contributed by atoms with Gasteiger partial charge in [0.15, 0.2) is 0 Å². The molecule has 0 unspecified atom stereocenters. The van der Waals surface area contributed by atoms with E-state index in [0.29, 0.717) is 35.2 Å². The van der Waals surface area contributed by atoms with E-state index in [9.17, 15) is 13.2 Å². The van der Waals surface area contributed by atoms with Gasteiger partial charge >= 0.3 is 5.69 Å². The quantitative estimate of drug-likeness (QED) is 0.259. The third kappa shape index (κ3) is 5.84. The third-order valence-electron chi connectivity index (χ3n) is 6.05. The molecule has 0 fully saturated rings. The van der Waals surface area contributed by atoms with Gasteiger partial charge in [0.1, 0.15) is 5.82 Å². The molecule has 2 heterocycles. The Hall–Kier alpha value is -2.88. The molecule has 0 aliphatic rings. The van der Waals surface area contributed by atoms with Gasteiger partial charge in [-0.3, -0.25) is 9.29 Å². The molecule has 0 saturated heterocycles. The van der Waals surface area contributed by atoms with Crippen LogP contribution >= 0.6 is 22.9 Å². The molecule has 37 heavy (non-hydrogen) atoms. The Kier molecular flexibility index (Phi) is 7.96. The minimum atomic E-state index is -3.54. The topological polar surface area (TPSA) is 86.0 Å². The van der Waals surface area contributed by atoms with Gasteiger partial charge in [-0.15, -0.1) is 16.4 Å². The Balaban J connectivity index is 1.63. The monoisotopic (exact) mass is 558 g/mol. The van der Waals surface area contributed by atoms with Crippen LogP contribution in [-0.2, 0) is 23.0 Å². The second kappa shape index (κ2) is 10.8. The maximum Gasteiger partial charge on any atom is 0.351 e. The lowest BCUT2D eigenvalue weighted by atomic mass is 10.1. The van der Waals surface area contributed by atoms with Gasteiger partial charge in [0, 0.05) is 6.42 Å². The van der Waals surface area contributed by atoms with Gasteiger partial charge in [0.25, 0.3) is 0 Å². The van der Waals surface area contributed by atoms with Crippen molar-refractivity contribution in [2.24, 2.45) is 0 Å². The SMILES string of the molecule is CCCCc1nn(-c2ccccc2Cl)c(=O)n1Cc1ccc(-c2sccc2NS(=O)(=O)C(C)(C)C)cc1. The summed E-state index contributed by atoms with van der Waals surface area (Å²) in [5.74, 6) is 0.716. The summed E-state index contributed by atoms with van der Waals surface area (Å²) in [6.07, 6.45) is 2.60. The van der Waals surface area contributed by atoms with Crippen LogP contribution in [-0.4, -0.2) is 27.5 Å². The lowest BCUT2D eigenvalue weighted by Gasteiger charge is -2.20. The zero-order valence-corrected chi connectivity index (χ0v) is 23.8. The first-order valence-corrected chi connectivity index (χ1v) is 14.9. The zero-order chi connectivity index (χ0) is 26.8. The minimum Gasteiger partial charge on any atom is -0.282 e. The molecule has 4 aromatic rings. The molecule has 4 rings (SSSR count). The number of para-hydroxylation sites is 1. The first-order chi connectivity index (χ1) is 17.5.